The Morgan fingerprint density at radius 2 is 0.977 bits per heavy atom. The van der Waals surface area contributed by atoms with Crippen LogP contribution in [0.15, 0.2) is 36.4 Å². The fraction of sp³-hybridized carbons (Fsp3) is 0.647. The maximum Gasteiger partial charge on any atom is 0.315 e. The van der Waals surface area contributed by atoms with Gasteiger partial charge in [0.05, 0.1) is 0 Å². The van der Waals surface area contributed by atoms with Gasteiger partial charge in [-0.3, -0.25) is 0 Å². The second kappa shape index (κ2) is 16.4. The zero-order chi connectivity index (χ0) is 32.5. The van der Waals surface area contributed by atoms with Gasteiger partial charge in [-0.1, -0.05) is 75.6 Å². The van der Waals surface area contributed by atoms with E-state index in [2.05, 4.69) is 71.1 Å². The van der Waals surface area contributed by atoms with Crippen molar-refractivity contribution in [2.45, 2.75) is 143 Å². The highest BCUT2D eigenvalue weighted by Gasteiger charge is 2.44. The molecule has 0 aromatic heterocycles. The standard InChI is InChI=1S/C34H62O5Si4/c1-28-26-30(21-23-33(28)35)32(31-22-24-34(36)29(2)27-31)20-18-16-14-12-13-15-17-19-25-43(11,38-41(6,7)8)39-42(9,10)37-40(3,4)5/h21-24,26-27,32,35-36H,12-20,25H2,1-11H3. The molecule has 0 saturated carbocycles. The Morgan fingerprint density at radius 3 is 1.40 bits per heavy atom. The molecule has 1 atom stereocenters. The third kappa shape index (κ3) is 14.6. The summed E-state index contributed by atoms with van der Waals surface area (Å²) in [6.45, 7) is 24.1. The van der Waals surface area contributed by atoms with Gasteiger partial charge in [-0.05, 0) is 120 Å². The average molecular weight is 663 g/mol. The number of hydrogen-bond donors (Lipinski definition) is 2. The van der Waals surface area contributed by atoms with Gasteiger partial charge >= 0.3 is 17.1 Å². The fourth-order valence-electron chi connectivity index (χ4n) is 6.22. The van der Waals surface area contributed by atoms with E-state index in [0.717, 1.165) is 23.6 Å². The van der Waals surface area contributed by atoms with Gasteiger partial charge in [-0.15, -0.1) is 0 Å². The SMILES string of the molecule is Cc1cc(C(CCCCCCCCCC[Si](C)(O[Si](C)(C)C)O[Si](C)(C)O[Si](C)(C)C)c2ccc(O)c(C)c2)ccc1O. The summed E-state index contributed by atoms with van der Waals surface area (Å²) in [5.41, 5.74) is 4.28. The number of phenolic OH excluding ortho intramolecular Hbond substituents is 2. The molecule has 43 heavy (non-hydrogen) atoms. The average Bonchev–Trinajstić information content (AvgIpc) is 2.83. The van der Waals surface area contributed by atoms with E-state index >= 15 is 0 Å². The first-order valence-electron chi connectivity index (χ1n) is 16.5. The molecule has 2 aromatic rings. The first kappa shape index (κ1) is 38.0. The summed E-state index contributed by atoms with van der Waals surface area (Å²) in [7, 11) is -7.91. The van der Waals surface area contributed by atoms with Crippen molar-refractivity contribution in [1.82, 2.24) is 0 Å². The van der Waals surface area contributed by atoms with E-state index in [4.69, 9.17) is 12.3 Å². The molecule has 0 heterocycles. The van der Waals surface area contributed by atoms with Crippen LogP contribution < -0.4 is 0 Å². The van der Waals surface area contributed by atoms with E-state index < -0.39 is 33.8 Å². The monoisotopic (exact) mass is 662 g/mol. The molecule has 0 saturated heterocycles. The van der Waals surface area contributed by atoms with Crippen LogP contribution in [0.1, 0.15) is 86.0 Å². The molecule has 0 aliphatic carbocycles. The second-order valence-corrected chi connectivity index (χ2v) is 31.5. The first-order chi connectivity index (χ1) is 19.8. The molecular weight excluding hydrogens is 601 g/mol. The zero-order valence-corrected chi connectivity index (χ0v) is 33.2. The molecule has 244 valence electrons. The highest BCUT2D eigenvalue weighted by molar-refractivity contribution is 6.89. The van der Waals surface area contributed by atoms with Crippen molar-refractivity contribution in [2.75, 3.05) is 0 Å². The van der Waals surface area contributed by atoms with E-state index in [-0.39, 0.29) is 5.92 Å². The van der Waals surface area contributed by atoms with Crippen LogP contribution in [-0.2, 0) is 12.3 Å². The molecule has 0 spiro atoms. The van der Waals surface area contributed by atoms with Crippen molar-refractivity contribution >= 4 is 33.8 Å². The van der Waals surface area contributed by atoms with Gasteiger partial charge in [0, 0.05) is 5.92 Å². The highest BCUT2D eigenvalue weighted by atomic mass is 28.5. The number of aromatic hydroxyl groups is 2. The predicted octanol–water partition coefficient (Wildman–Crippen LogP) is 10.9. The van der Waals surface area contributed by atoms with Crippen LogP contribution in [0.2, 0.25) is 65.0 Å². The lowest BCUT2D eigenvalue weighted by atomic mass is 9.85. The highest BCUT2D eigenvalue weighted by Crippen LogP contribution is 2.35. The number of phenols is 2. The minimum atomic E-state index is -2.29. The smallest absolute Gasteiger partial charge is 0.315 e. The quantitative estimate of drug-likeness (QED) is 0.116. The van der Waals surface area contributed by atoms with Crippen LogP contribution in [0.5, 0.6) is 11.5 Å². The minimum Gasteiger partial charge on any atom is -0.508 e. The molecule has 2 aromatic carbocycles. The van der Waals surface area contributed by atoms with E-state index in [0.29, 0.717) is 11.5 Å². The van der Waals surface area contributed by atoms with E-state index in [1.807, 2.05) is 38.1 Å². The summed E-state index contributed by atoms with van der Waals surface area (Å²) < 4.78 is 20.1. The number of hydrogen-bond acceptors (Lipinski definition) is 5. The molecule has 2 rings (SSSR count). The molecule has 0 bridgehead atoms. The number of unbranched alkanes of at least 4 members (excludes halogenated alkanes) is 7. The van der Waals surface area contributed by atoms with Gasteiger partial charge in [0.15, 0.2) is 16.6 Å². The number of rotatable bonds is 19. The Labute approximate surface area is 268 Å². The summed E-state index contributed by atoms with van der Waals surface area (Å²) in [6, 6.07) is 13.0. The second-order valence-electron chi connectivity index (χ2n) is 15.1. The summed E-state index contributed by atoms with van der Waals surface area (Å²) >= 11 is 0. The van der Waals surface area contributed by atoms with Gasteiger partial charge in [-0.25, -0.2) is 0 Å². The summed E-state index contributed by atoms with van der Waals surface area (Å²) in [6.07, 6.45) is 11.0. The topological polar surface area (TPSA) is 68.2 Å². The fourth-order valence-corrected chi connectivity index (χ4v) is 24.3. The normalized spacial score (nSPS) is 14.3. The van der Waals surface area contributed by atoms with Gasteiger partial charge in [0.2, 0.25) is 0 Å². The van der Waals surface area contributed by atoms with Crippen molar-refractivity contribution < 1.29 is 22.6 Å². The number of benzene rings is 2. The van der Waals surface area contributed by atoms with E-state index in [9.17, 15) is 10.2 Å². The molecule has 1 unspecified atom stereocenters. The van der Waals surface area contributed by atoms with Crippen molar-refractivity contribution in [3.05, 3.63) is 58.7 Å². The van der Waals surface area contributed by atoms with Gasteiger partial charge in [-0.2, -0.15) is 0 Å². The maximum absolute atomic E-state index is 10.0. The summed E-state index contributed by atoms with van der Waals surface area (Å²) in [5.74, 6) is 0.949. The Morgan fingerprint density at radius 1 is 0.558 bits per heavy atom. The Bertz CT molecular complexity index is 1090. The zero-order valence-electron chi connectivity index (χ0n) is 29.2. The van der Waals surface area contributed by atoms with Crippen molar-refractivity contribution in [1.29, 1.82) is 0 Å². The Hall–Kier alpha value is -1.21. The maximum atomic E-state index is 10.0. The van der Waals surface area contributed by atoms with E-state index in [1.165, 1.54) is 62.5 Å². The van der Waals surface area contributed by atoms with Gasteiger partial charge in [0.25, 0.3) is 0 Å². The Kier molecular flexibility index (Phi) is 14.5. The van der Waals surface area contributed by atoms with Gasteiger partial charge < -0.3 is 22.6 Å². The van der Waals surface area contributed by atoms with Crippen molar-refractivity contribution in [3.63, 3.8) is 0 Å². The first-order valence-corrected chi connectivity index (χ1v) is 28.6. The lowest BCUT2D eigenvalue weighted by Gasteiger charge is -2.41. The van der Waals surface area contributed by atoms with Crippen LogP contribution in [0.25, 0.3) is 0 Å². The molecule has 5 nitrogen and oxygen atoms in total. The molecule has 0 fully saturated rings. The molecule has 0 aliphatic heterocycles. The van der Waals surface area contributed by atoms with Crippen LogP contribution in [0.3, 0.4) is 0 Å². The van der Waals surface area contributed by atoms with Gasteiger partial charge in [0.1, 0.15) is 11.5 Å². The van der Waals surface area contributed by atoms with Crippen LogP contribution in [0, 0.1) is 13.8 Å². The largest absolute Gasteiger partial charge is 0.508 e. The summed E-state index contributed by atoms with van der Waals surface area (Å²) in [5, 5.41) is 20.1. The van der Waals surface area contributed by atoms with Crippen LogP contribution in [0.4, 0.5) is 0 Å². The number of aryl methyl sites for hydroxylation is 2. The van der Waals surface area contributed by atoms with Crippen molar-refractivity contribution in [2.24, 2.45) is 0 Å². The van der Waals surface area contributed by atoms with Crippen molar-refractivity contribution in [3.8, 4) is 11.5 Å². The predicted molar refractivity (Wildman–Crippen MR) is 193 cm³/mol. The Balaban J connectivity index is 1.80. The molecule has 0 aliphatic rings. The molecule has 9 heteroatoms. The lowest BCUT2D eigenvalue weighted by Crippen LogP contribution is -2.56. The van der Waals surface area contributed by atoms with Crippen LogP contribution >= 0.6 is 0 Å². The molecule has 2 N–H and O–H groups in total. The third-order valence-electron chi connectivity index (χ3n) is 7.66. The summed E-state index contributed by atoms with van der Waals surface area (Å²) in [4.78, 5) is 0. The molecule has 0 radical (unpaired) electrons. The van der Waals surface area contributed by atoms with Crippen LogP contribution in [-0.4, -0.2) is 44.0 Å². The molecular formula is C34H62O5Si4. The third-order valence-corrected chi connectivity index (χ3v) is 21.2. The lowest BCUT2D eigenvalue weighted by molar-refractivity contribution is 0.322. The minimum absolute atomic E-state index is 0.266. The molecule has 0 amide bonds. The van der Waals surface area contributed by atoms with E-state index in [1.54, 1.807) is 0 Å².